The molecule has 0 saturated heterocycles. The Labute approximate surface area is 390 Å². The summed E-state index contributed by atoms with van der Waals surface area (Å²) in [5.41, 5.74) is 0. The molecule has 0 radical (unpaired) electrons. The molecule has 0 aromatic rings. The van der Waals surface area contributed by atoms with Gasteiger partial charge in [0.2, 0.25) is 0 Å². The molecule has 364 valence electrons. The van der Waals surface area contributed by atoms with Crippen LogP contribution in [0.2, 0.25) is 0 Å². The van der Waals surface area contributed by atoms with Crippen molar-refractivity contribution in [3.63, 3.8) is 0 Å². The fourth-order valence-corrected chi connectivity index (χ4v) is 7.43. The molecule has 0 N–H and O–H groups in total. The highest BCUT2D eigenvalue weighted by atomic mass is 16.6. The maximum absolute atomic E-state index is 12.8. The number of ether oxygens (including phenoxy) is 3. The maximum atomic E-state index is 12.8. The van der Waals surface area contributed by atoms with E-state index in [-0.39, 0.29) is 31.1 Å². The summed E-state index contributed by atoms with van der Waals surface area (Å²) in [7, 11) is 0. The number of hydrogen-bond donors (Lipinski definition) is 0. The summed E-state index contributed by atoms with van der Waals surface area (Å²) >= 11 is 0. The minimum absolute atomic E-state index is 0.0838. The molecule has 0 fully saturated rings. The SMILES string of the molecule is CC/C=C\C/C=C\C/C=C\CCCCCCCC(=O)OC[C@H](COC(=O)CCCCCCCCCCC/C=C\CCCCCCCC)OC(=O)CCCCCCC/C=C\CCCC. The predicted molar refractivity (Wildman–Crippen MR) is 270 cm³/mol. The van der Waals surface area contributed by atoms with Crippen LogP contribution in [0.25, 0.3) is 0 Å². The topological polar surface area (TPSA) is 78.9 Å². The van der Waals surface area contributed by atoms with Crippen molar-refractivity contribution in [1.29, 1.82) is 0 Å². The zero-order valence-corrected chi connectivity index (χ0v) is 41.6. The minimum Gasteiger partial charge on any atom is -0.462 e. The molecule has 0 aliphatic carbocycles. The lowest BCUT2D eigenvalue weighted by Gasteiger charge is -2.18. The van der Waals surface area contributed by atoms with Gasteiger partial charge in [-0.25, -0.2) is 0 Å². The smallest absolute Gasteiger partial charge is 0.306 e. The van der Waals surface area contributed by atoms with Crippen molar-refractivity contribution in [3.8, 4) is 0 Å². The summed E-state index contributed by atoms with van der Waals surface area (Å²) in [5, 5.41) is 0. The van der Waals surface area contributed by atoms with Gasteiger partial charge in [0, 0.05) is 19.3 Å². The molecule has 63 heavy (non-hydrogen) atoms. The maximum Gasteiger partial charge on any atom is 0.306 e. The molecule has 0 aliphatic heterocycles. The van der Waals surface area contributed by atoms with E-state index < -0.39 is 6.10 Å². The first kappa shape index (κ1) is 60.1. The molecule has 6 nitrogen and oxygen atoms in total. The summed E-state index contributed by atoms with van der Waals surface area (Å²) in [4.78, 5) is 38.0. The molecule has 0 aromatic heterocycles. The average molecular weight is 881 g/mol. The molecule has 0 amide bonds. The zero-order valence-electron chi connectivity index (χ0n) is 41.6. The van der Waals surface area contributed by atoms with Crippen LogP contribution in [-0.4, -0.2) is 37.2 Å². The van der Waals surface area contributed by atoms with Gasteiger partial charge in [0.05, 0.1) is 0 Å². The van der Waals surface area contributed by atoms with Crippen LogP contribution in [0.4, 0.5) is 0 Å². The van der Waals surface area contributed by atoms with Gasteiger partial charge in [-0.3, -0.25) is 14.4 Å². The second kappa shape index (κ2) is 51.7. The van der Waals surface area contributed by atoms with Gasteiger partial charge >= 0.3 is 17.9 Å². The Morgan fingerprint density at radius 2 is 0.635 bits per heavy atom. The lowest BCUT2D eigenvalue weighted by Crippen LogP contribution is -2.30. The molecular weight excluding hydrogens is 781 g/mol. The Morgan fingerprint density at radius 3 is 1.03 bits per heavy atom. The standard InChI is InChI=1S/C57H100O6/c1-4-7-10-13-16-19-22-24-26-27-28-29-31-33-36-38-41-44-47-50-56(59)62-53-54(63-57(60)51-48-45-42-39-34-21-18-15-12-9-6-3)52-61-55(58)49-46-43-40-37-35-32-30-25-23-20-17-14-11-8-5-2/h8,11,15,17-18,20,24-26,30,54H,4-7,9-10,12-14,16,19,21-23,27-29,31-53H2,1-3H3/b11-8-,18-15-,20-17-,26-24-,30-25-/t54-/m1/s1. The first-order valence-electron chi connectivity index (χ1n) is 26.8. The van der Waals surface area contributed by atoms with Crippen LogP contribution < -0.4 is 0 Å². The highest BCUT2D eigenvalue weighted by Gasteiger charge is 2.19. The molecule has 6 heteroatoms. The molecule has 0 heterocycles. The fraction of sp³-hybridized carbons (Fsp3) is 0.772. The Hall–Kier alpha value is -2.89. The lowest BCUT2D eigenvalue weighted by atomic mass is 10.1. The average Bonchev–Trinajstić information content (AvgIpc) is 3.28. The molecule has 0 spiro atoms. The fourth-order valence-electron chi connectivity index (χ4n) is 7.43. The number of hydrogen-bond acceptors (Lipinski definition) is 6. The second-order valence-electron chi connectivity index (χ2n) is 17.7. The van der Waals surface area contributed by atoms with Gasteiger partial charge in [0.15, 0.2) is 6.10 Å². The number of carbonyl (C=O) groups is 3. The summed E-state index contributed by atoms with van der Waals surface area (Å²) in [6.07, 6.45) is 63.5. The third-order valence-corrected chi connectivity index (χ3v) is 11.5. The van der Waals surface area contributed by atoms with Crippen molar-refractivity contribution in [1.82, 2.24) is 0 Å². The summed E-state index contributed by atoms with van der Waals surface area (Å²) in [5.74, 6) is -0.908. The van der Waals surface area contributed by atoms with E-state index in [1.807, 2.05) is 0 Å². The third-order valence-electron chi connectivity index (χ3n) is 11.5. The van der Waals surface area contributed by atoms with Gasteiger partial charge in [-0.1, -0.05) is 210 Å². The molecule has 0 bridgehead atoms. The molecule has 0 rings (SSSR count). The highest BCUT2D eigenvalue weighted by Crippen LogP contribution is 2.15. The van der Waals surface area contributed by atoms with E-state index in [2.05, 4.69) is 81.5 Å². The van der Waals surface area contributed by atoms with E-state index in [1.54, 1.807) is 0 Å². The lowest BCUT2D eigenvalue weighted by molar-refractivity contribution is -0.167. The van der Waals surface area contributed by atoms with Gasteiger partial charge in [0.1, 0.15) is 13.2 Å². The first-order chi connectivity index (χ1) is 31.0. The largest absolute Gasteiger partial charge is 0.462 e. The minimum atomic E-state index is -0.785. The summed E-state index contributed by atoms with van der Waals surface area (Å²) < 4.78 is 16.8. The molecule has 0 unspecified atom stereocenters. The second-order valence-corrected chi connectivity index (χ2v) is 17.7. The number of allylic oxidation sites excluding steroid dienone is 10. The normalized spacial score (nSPS) is 12.5. The van der Waals surface area contributed by atoms with Crippen LogP contribution in [0.3, 0.4) is 0 Å². The number of rotatable bonds is 48. The number of esters is 3. The zero-order chi connectivity index (χ0) is 45.8. The quantitative estimate of drug-likeness (QED) is 0.0262. The van der Waals surface area contributed by atoms with Crippen LogP contribution >= 0.6 is 0 Å². The van der Waals surface area contributed by atoms with E-state index in [0.29, 0.717) is 19.3 Å². The molecule has 0 aliphatic rings. The van der Waals surface area contributed by atoms with Gasteiger partial charge in [-0.15, -0.1) is 0 Å². The van der Waals surface area contributed by atoms with Crippen LogP contribution in [0.1, 0.15) is 265 Å². The summed E-state index contributed by atoms with van der Waals surface area (Å²) in [6, 6.07) is 0. The van der Waals surface area contributed by atoms with Gasteiger partial charge in [0.25, 0.3) is 0 Å². The monoisotopic (exact) mass is 881 g/mol. The predicted octanol–water partition coefficient (Wildman–Crippen LogP) is 17.6. The highest BCUT2D eigenvalue weighted by molar-refractivity contribution is 5.71. The first-order valence-corrected chi connectivity index (χ1v) is 26.8. The Balaban J connectivity index is 4.33. The van der Waals surface area contributed by atoms with Gasteiger partial charge in [-0.2, -0.15) is 0 Å². The Morgan fingerprint density at radius 1 is 0.333 bits per heavy atom. The molecule has 0 saturated carbocycles. The van der Waals surface area contributed by atoms with Crippen molar-refractivity contribution in [2.75, 3.05) is 13.2 Å². The molecule has 0 aromatic carbocycles. The van der Waals surface area contributed by atoms with Crippen molar-refractivity contribution in [2.24, 2.45) is 0 Å². The van der Waals surface area contributed by atoms with Crippen molar-refractivity contribution >= 4 is 17.9 Å². The Bertz CT molecular complexity index is 1150. The van der Waals surface area contributed by atoms with E-state index in [1.165, 1.54) is 116 Å². The molecule has 1 atom stereocenters. The summed E-state index contributed by atoms with van der Waals surface area (Å²) in [6.45, 7) is 6.47. The third kappa shape index (κ3) is 50.0. The Kier molecular flexibility index (Phi) is 49.4. The number of carbonyl (C=O) groups excluding carboxylic acids is 3. The van der Waals surface area contributed by atoms with Gasteiger partial charge < -0.3 is 14.2 Å². The van der Waals surface area contributed by atoms with E-state index in [9.17, 15) is 14.4 Å². The van der Waals surface area contributed by atoms with E-state index in [0.717, 1.165) is 109 Å². The van der Waals surface area contributed by atoms with Crippen molar-refractivity contribution in [3.05, 3.63) is 60.8 Å². The number of unbranched alkanes of at least 4 members (excludes halogenated alkanes) is 27. The van der Waals surface area contributed by atoms with Crippen molar-refractivity contribution < 1.29 is 28.6 Å². The van der Waals surface area contributed by atoms with Gasteiger partial charge in [-0.05, 0) is 96.3 Å². The van der Waals surface area contributed by atoms with E-state index in [4.69, 9.17) is 14.2 Å². The van der Waals surface area contributed by atoms with Crippen molar-refractivity contribution in [2.45, 2.75) is 271 Å². The van der Waals surface area contributed by atoms with E-state index >= 15 is 0 Å². The molecular formula is C57H100O6. The van der Waals surface area contributed by atoms with Crippen LogP contribution in [0.5, 0.6) is 0 Å². The van der Waals surface area contributed by atoms with Crippen LogP contribution in [0, 0.1) is 0 Å². The van der Waals surface area contributed by atoms with Crippen LogP contribution in [-0.2, 0) is 28.6 Å². The van der Waals surface area contributed by atoms with Crippen LogP contribution in [0.15, 0.2) is 60.8 Å².